The molecule has 2 aliphatic rings. The van der Waals surface area contributed by atoms with Crippen LogP contribution >= 0.6 is 0 Å². The number of aryl methyl sites for hydroxylation is 1. The first kappa shape index (κ1) is 14.6. The molecule has 3 N–H and O–H groups in total. The van der Waals surface area contributed by atoms with Gasteiger partial charge in [0.25, 0.3) is 0 Å². The predicted molar refractivity (Wildman–Crippen MR) is 84.7 cm³/mol. The van der Waals surface area contributed by atoms with E-state index in [4.69, 9.17) is 5.73 Å². The van der Waals surface area contributed by atoms with Gasteiger partial charge in [-0.05, 0) is 56.9 Å². The molecule has 2 aliphatic carbocycles. The molecule has 0 heterocycles. The number of benzene rings is 1. The number of primary amides is 1. The van der Waals surface area contributed by atoms with Crippen molar-refractivity contribution in [1.29, 1.82) is 0 Å². The van der Waals surface area contributed by atoms with Crippen molar-refractivity contribution in [2.24, 2.45) is 17.6 Å². The molecule has 3 nitrogen and oxygen atoms in total. The van der Waals surface area contributed by atoms with Crippen LogP contribution in [-0.2, 0) is 4.79 Å². The summed E-state index contributed by atoms with van der Waals surface area (Å²) in [6, 6.07) is 9.96. The van der Waals surface area contributed by atoms with E-state index in [-0.39, 0.29) is 11.8 Å². The van der Waals surface area contributed by atoms with Crippen molar-refractivity contribution in [3.8, 4) is 0 Å². The smallest absolute Gasteiger partial charge is 0.220 e. The Morgan fingerprint density at radius 3 is 2.24 bits per heavy atom. The van der Waals surface area contributed by atoms with Crippen LogP contribution in [0.3, 0.4) is 0 Å². The highest BCUT2D eigenvalue weighted by atomic mass is 16.1. The first-order valence-electron chi connectivity index (χ1n) is 8.25. The van der Waals surface area contributed by atoms with Gasteiger partial charge in [0.1, 0.15) is 0 Å². The second-order valence-corrected chi connectivity index (χ2v) is 6.84. The van der Waals surface area contributed by atoms with Gasteiger partial charge in [-0.15, -0.1) is 0 Å². The fourth-order valence-corrected chi connectivity index (χ4v) is 3.51. The van der Waals surface area contributed by atoms with E-state index in [9.17, 15) is 4.79 Å². The number of nitrogens with one attached hydrogen (secondary N) is 1. The Labute approximate surface area is 127 Å². The molecule has 3 heteroatoms. The molecule has 0 spiro atoms. The van der Waals surface area contributed by atoms with Crippen LogP contribution in [0, 0.1) is 18.8 Å². The van der Waals surface area contributed by atoms with Gasteiger partial charge in [-0.25, -0.2) is 0 Å². The Kier molecular flexibility index (Phi) is 4.29. The summed E-state index contributed by atoms with van der Waals surface area (Å²) < 4.78 is 0. The highest BCUT2D eigenvalue weighted by molar-refractivity contribution is 5.76. The SMILES string of the molecule is Cc1ccc(C(NC2CCC(C(N)=O)CC2)C2CC2)cc1. The zero-order chi connectivity index (χ0) is 14.8. The molecule has 0 aliphatic heterocycles. The molecular weight excluding hydrogens is 260 g/mol. The van der Waals surface area contributed by atoms with Crippen LogP contribution in [0.1, 0.15) is 55.7 Å². The van der Waals surface area contributed by atoms with E-state index in [0.717, 1.165) is 31.6 Å². The molecule has 1 unspecified atom stereocenters. The summed E-state index contributed by atoms with van der Waals surface area (Å²) in [6.07, 6.45) is 6.70. The molecule has 3 rings (SSSR count). The average molecular weight is 286 g/mol. The summed E-state index contributed by atoms with van der Waals surface area (Å²) in [4.78, 5) is 11.3. The largest absolute Gasteiger partial charge is 0.369 e. The number of hydrogen-bond donors (Lipinski definition) is 2. The maximum absolute atomic E-state index is 11.3. The van der Waals surface area contributed by atoms with Crippen LogP contribution in [-0.4, -0.2) is 11.9 Å². The Bertz CT molecular complexity index is 484. The minimum Gasteiger partial charge on any atom is -0.369 e. The van der Waals surface area contributed by atoms with Gasteiger partial charge < -0.3 is 11.1 Å². The lowest BCUT2D eigenvalue weighted by Crippen LogP contribution is -2.39. The first-order chi connectivity index (χ1) is 10.1. The summed E-state index contributed by atoms with van der Waals surface area (Å²) >= 11 is 0. The quantitative estimate of drug-likeness (QED) is 0.874. The van der Waals surface area contributed by atoms with Crippen LogP contribution in [0.4, 0.5) is 0 Å². The van der Waals surface area contributed by atoms with Crippen molar-refractivity contribution in [2.45, 2.75) is 57.5 Å². The molecule has 2 fully saturated rings. The maximum Gasteiger partial charge on any atom is 0.220 e. The standard InChI is InChI=1S/C18H26N2O/c1-12-2-4-13(5-3-12)17(14-6-7-14)20-16-10-8-15(9-11-16)18(19)21/h2-5,14-17,20H,6-11H2,1H3,(H2,19,21). The van der Waals surface area contributed by atoms with E-state index in [1.807, 2.05) is 0 Å². The molecule has 1 aromatic rings. The van der Waals surface area contributed by atoms with Gasteiger partial charge >= 0.3 is 0 Å². The summed E-state index contributed by atoms with van der Waals surface area (Å²) in [5.74, 6) is 0.772. The second kappa shape index (κ2) is 6.18. The van der Waals surface area contributed by atoms with Crippen LogP contribution in [0.5, 0.6) is 0 Å². The Balaban J connectivity index is 1.61. The predicted octanol–water partition coefficient (Wildman–Crippen LogP) is 3.08. The minimum atomic E-state index is -0.120. The Morgan fingerprint density at radius 1 is 1.10 bits per heavy atom. The Hall–Kier alpha value is -1.35. The van der Waals surface area contributed by atoms with Gasteiger partial charge in [0.05, 0.1) is 0 Å². The number of nitrogens with two attached hydrogens (primary N) is 1. The molecule has 1 atom stereocenters. The fraction of sp³-hybridized carbons (Fsp3) is 0.611. The van der Waals surface area contributed by atoms with E-state index in [1.54, 1.807) is 0 Å². The zero-order valence-corrected chi connectivity index (χ0v) is 12.8. The van der Waals surface area contributed by atoms with Gasteiger partial charge in [0.2, 0.25) is 5.91 Å². The summed E-state index contributed by atoms with van der Waals surface area (Å²) in [7, 11) is 0. The number of rotatable bonds is 5. The molecule has 0 bridgehead atoms. The van der Waals surface area contributed by atoms with E-state index < -0.39 is 0 Å². The third-order valence-electron chi connectivity index (χ3n) is 5.07. The second-order valence-electron chi connectivity index (χ2n) is 6.84. The van der Waals surface area contributed by atoms with Crippen molar-refractivity contribution >= 4 is 5.91 Å². The van der Waals surface area contributed by atoms with Crippen molar-refractivity contribution in [2.75, 3.05) is 0 Å². The van der Waals surface area contributed by atoms with Gasteiger partial charge in [-0.3, -0.25) is 4.79 Å². The van der Waals surface area contributed by atoms with Crippen molar-refractivity contribution in [3.63, 3.8) is 0 Å². The van der Waals surface area contributed by atoms with Gasteiger partial charge in [0, 0.05) is 18.0 Å². The molecule has 2 saturated carbocycles. The third-order valence-corrected chi connectivity index (χ3v) is 5.07. The number of carbonyl (C=O) groups is 1. The van der Waals surface area contributed by atoms with Crippen LogP contribution in [0.2, 0.25) is 0 Å². The lowest BCUT2D eigenvalue weighted by Gasteiger charge is -2.31. The molecule has 1 aromatic carbocycles. The van der Waals surface area contributed by atoms with Crippen molar-refractivity contribution in [3.05, 3.63) is 35.4 Å². The van der Waals surface area contributed by atoms with Crippen LogP contribution in [0.25, 0.3) is 0 Å². The van der Waals surface area contributed by atoms with Gasteiger partial charge in [-0.1, -0.05) is 29.8 Å². The maximum atomic E-state index is 11.3. The average Bonchev–Trinajstić information content (AvgIpc) is 3.31. The van der Waals surface area contributed by atoms with Crippen LogP contribution < -0.4 is 11.1 Å². The molecule has 114 valence electrons. The highest BCUT2D eigenvalue weighted by Crippen LogP contribution is 2.42. The normalized spacial score (nSPS) is 27.3. The topological polar surface area (TPSA) is 55.1 Å². The van der Waals surface area contributed by atoms with E-state index in [1.165, 1.54) is 24.0 Å². The molecule has 0 radical (unpaired) electrons. The lowest BCUT2D eigenvalue weighted by molar-refractivity contribution is -0.122. The number of amides is 1. The first-order valence-corrected chi connectivity index (χ1v) is 8.25. The molecule has 0 saturated heterocycles. The number of hydrogen-bond acceptors (Lipinski definition) is 2. The Morgan fingerprint density at radius 2 is 1.71 bits per heavy atom. The van der Waals surface area contributed by atoms with E-state index in [0.29, 0.717) is 12.1 Å². The van der Waals surface area contributed by atoms with E-state index in [2.05, 4.69) is 36.5 Å². The highest BCUT2D eigenvalue weighted by Gasteiger charge is 2.34. The number of carbonyl (C=O) groups excluding carboxylic acids is 1. The monoisotopic (exact) mass is 286 g/mol. The summed E-state index contributed by atoms with van der Waals surface area (Å²) in [6.45, 7) is 2.13. The van der Waals surface area contributed by atoms with Crippen LogP contribution in [0.15, 0.2) is 24.3 Å². The lowest BCUT2D eigenvalue weighted by atomic mass is 9.85. The molecule has 1 amide bonds. The summed E-state index contributed by atoms with van der Waals surface area (Å²) in [5, 5.41) is 3.86. The zero-order valence-electron chi connectivity index (χ0n) is 12.8. The minimum absolute atomic E-state index is 0.0989. The molecule has 0 aromatic heterocycles. The summed E-state index contributed by atoms with van der Waals surface area (Å²) in [5.41, 5.74) is 8.15. The van der Waals surface area contributed by atoms with Crippen molar-refractivity contribution in [1.82, 2.24) is 5.32 Å². The molecular formula is C18H26N2O. The van der Waals surface area contributed by atoms with Gasteiger partial charge in [0.15, 0.2) is 0 Å². The third kappa shape index (κ3) is 3.65. The van der Waals surface area contributed by atoms with Crippen molar-refractivity contribution < 1.29 is 4.79 Å². The molecule has 21 heavy (non-hydrogen) atoms. The van der Waals surface area contributed by atoms with E-state index >= 15 is 0 Å². The fourth-order valence-electron chi connectivity index (χ4n) is 3.51. The van der Waals surface area contributed by atoms with Gasteiger partial charge in [-0.2, -0.15) is 0 Å².